The molecule has 1 saturated carbocycles. The van der Waals surface area contributed by atoms with Gasteiger partial charge in [0, 0.05) is 11.8 Å². The van der Waals surface area contributed by atoms with Crippen LogP contribution in [0, 0.1) is 10.1 Å². The Morgan fingerprint density at radius 1 is 1.31 bits per heavy atom. The molecule has 1 aliphatic heterocycles. The highest BCUT2D eigenvalue weighted by molar-refractivity contribution is 6.32. The highest BCUT2D eigenvalue weighted by Crippen LogP contribution is 2.33. The Kier molecular flexibility index (Phi) is 4.82. The van der Waals surface area contributed by atoms with Gasteiger partial charge in [0.15, 0.2) is 0 Å². The van der Waals surface area contributed by atoms with Crippen LogP contribution in [0.15, 0.2) is 18.2 Å². The number of amides is 4. The van der Waals surface area contributed by atoms with Crippen molar-refractivity contribution < 1.29 is 19.3 Å². The van der Waals surface area contributed by atoms with E-state index < -0.39 is 28.9 Å². The number of nitrogens with zero attached hydrogens (tertiary/aromatic N) is 2. The number of hydrogen-bond donors (Lipinski definition) is 2. The average molecular weight is 381 g/mol. The summed E-state index contributed by atoms with van der Waals surface area (Å²) in [5.74, 6) is -1.02. The lowest BCUT2D eigenvalue weighted by atomic mass is 9.82. The summed E-state index contributed by atoms with van der Waals surface area (Å²) in [6.45, 7) is -0.456. The maximum Gasteiger partial charge on any atom is 0.325 e. The number of imide groups is 1. The number of rotatable bonds is 4. The minimum Gasteiger partial charge on any atom is -0.324 e. The molecule has 0 radical (unpaired) electrons. The fourth-order valence-corrected chi connectivity index (χ4v) is 3.58. The van der Waals surface area contributed by atoms with E-state index in [-0.39, 0.29) is 22.3 Å². The Labute approximate surface area is 153 Å². The molecule has 1 aromatic carbocycles. The Balaban J connectivity index is 1.68. The van der Waals surface area contributed by atoms with Crippen LogP contribution in [0.25, 0.3) is 0 Å². The normalized spacial score (nSPS) is 18.7. The van der Waals surface area contributed by atoms with Gasteiger partial charge in [-0.15, -0.1) is 0 Å². The van der Waals surface area contributed by atoms with Crippen molar-refractivity contribution in [2.75, 3.05) is 11.9 Å². The summed E-state index contributed by atoms with van der Waals surface area (Å²) in [5.41, 5.74) is -1.08. The number of nitro benzene ring substituents is 1. The van der Waals surface area contributed by atoms with Gasteiger partial charge in [0.2, 0.25) is 5.91 Å². The Morgan fingerprint density at radius 3 is 2.65 bits per heavy atom. The smallest absolute Gasteiger partial charge is 0.324 e. The van der Waals surface area contributed by atoms with Crippen LogP contribution >= 0.6 is 11.6 Å². The minimum absolute atomic E-state index is 0.0543. The number of carbonyl (C=O) groups excluding carboxylic acids is 3. The number of hydrogen-bond acceptors (Lipinski definition) is 5. The van der Waals surface area contributed by atoms with Gasteiger partial charge in [0.05, 0.1) is 4.92 Å². The SMILES string of the molecule is O=C(CN1C(=O)NC2(CCCCC2)C1=O)Nc1ccc(Cl)c([N+](=O)[O-])c1. The number of halogens is 1. The van der Waals surface area contributed by atoms with E-state index >= 15 is 0 Å². The van der Waals surface area contributed by atoms with Crippen molar-refractivity contribution >= 4 is 40.8 Å². The van der Waals surface area contributed by atoms with Gasteiger partial charge in [-0.25, -0.2) is 4.79 Å². The molecule has 0 bridgehead atoms. The molecule has 1 saturated heterocycles. The van der Waals surface area contributed by atoms with Gasteiger partial charge in [0.1, 0.15) is 17.1 Å². The maximum atomic E-state index is 12.6. The van der Waals surface area contributed by atoms with E-state index in [9.17, 15) is 24.5 Å². The number of nitrogens with one attached hydrogen (secondary N) is 2. The van der Waals surface area contributed by atoms with Gasteiger partial charge >= 0.3 is 6.03 Å². The van der Waals surface area contributed by atoms with Crippen LogP contribution in [-0.4, -0.2) is 39.8 Å². The molecule has 26 heavy (non-hydrogen) atoms. The first-order chi connectivity index (χ1) is 12.3. The first-order valence-electron chi connectivity index (χ1n) is 8.20. The molecule has 2 fully saturated rings. The first-order valence-corrected chi connectivity index (χ1v) is 8.58. The monoisotopic (exact) mass is 380 g/mol. The lowest BCUT2D eigenvalue weighted by Gasteiger charge is -2.30. The number of anilines is 1. The Bertz CT molecular complexity index is 791. The third-order valence-electron chi connectivity index (χ3n) is 4.68. The molecule has 0 atom stereocenters. The molecule has 4 amide bonds. The molecule has 9 nitrogen and oxygen atoms in total. The van der Waals surface area contributed by atoms with Crippen LogP contribution in [0.5, 0.6) is 0 Å². The van der Waals surface area contributed by atoms with Crippen LogP contribution < -0.4 is 10.6 Å². The fourth-order valence-electron chi connectivity index (χ4n) is 3.39. The number of carbonyl (C=O) groups is 3. The minimum atomic E-state index is -0.894. The van der Waals surface area contributed by atoms with Gasteiger partial charge in [-0.3, -0.25) is 24.6 Å². The molecule has 1 heterocycles. The highest BCUT2D eigenvalue weighted by Gasteiger charge is 2.51. The summed E-state index contributed by atoms with van der Waals surface area (Å²) in [7, 11) is 0. The predicted octanol–water partition coefficient (Wildman–Crippen LogP) is 2.44. The quantitative estimate of drug-likeness (QED) is 0.472. The number of urea groups is 1. The van der Waals surface area contributed by atoms with Crippen LogP contribution in [0.2, 0.25) is 5.02 Å². The average Bonchev–Trinajstić information content (AvgIpc) is 2.81. The van der Waals surface area contributed by atoms with Crippen molar-refractivity contribution in [2.45, 2.75) is 37.6 Å². The Hall–Kier alpha value is -2.68. The standard InChI is InChI=1S/C16H17ClN4O5/c17-11-5-4-10(8-12(11)21(25)26)18-13(22)9-20-14(23)16(19-15(20)24)6-2-1-3-7-16/h4-5,8H,1-3,6-7,9H2,(H,18,22)(H,19,24). The fraction of sp³-hybridized carbons (Fsp3) is 0.438. The molecule has 138 valence electrons. The van der Waals surface area contributed by atoms with E-state index in [1.54, 1.807) is 0 Å². The molecule has 1 aliphatic carbocycles. The zero-order valence-corrected chi connectivity index (χ0v) is 14.5. The predicted molar refractivity (Wildman–Crippen MR) is 92.8 cm³/mol. The first kappa shape index (κ1) is 18.1. The second kappa shape index (κ2) is 6.91. The molecule has 10 heteroatoms. The molecule has 1 spiro atoms. The van der Waals surface area contributed by atoms with Crippen LogP contribution in [0.3, 0.4) is 0 Å². The third-order valence-corrected chi connectivity index (χ3v) is 5.00. The van der Waals surface area contributed by atoms with Crippen molar-refractivity contribution in [1.29, 1.82) is 0 Å². The summed E-state index contributed by atoms with van der Waals surface area (Å²) in [4.78, 5) is 48.1. The van der Waals surface area contributed by atoms with Crippen molar-refractivity contribution in [3.8, 4) is 0 Å². The van der Waals surface area contributed by atoms with Gasteiger partial charge < -0.3 is 10.6 Å². The second-order valence-electron chi connectivity index (χ2n) is 6.44. The van der Waals surface area contributed by atoms with E-state index in [1.807, 2.05) is 0 Å². The molecular weight excluding hydrogens is 364 g/mol. The topological polar surface area (TPSA) is 122 Å². The van der Waals surface area contributed by atoms with Gasteiger partial charge in [-0.1, -0.05) is 30.9 Å². The van der Waals surface area contributed by atoms with Crippen molar-refractivity contribution in [1.82, 2.24) is 10.2 Å². The summed E-state index contributed by atoms with van der Waals surface area (Å²) in [5, 5.41) is 16.0. The zero-order valence-electron chi connectivity index (χ0n) is 13.8. The van der Waals surface area contributed by atoms with E-state index in [4.69, 9.17) is 11.6 Å². The van der Waals surface area contributed by atoms with Crippen LogP contribution in [0.1, 0.15) is 32.1 Å². The van der Waals surface area contributed by atoms with Gasteiger partial charge in [-0.2, -0.15) is 0 Å². The largest absolute Gasteiger partial charge is 0.325 e. The van der Waals surface area contributed by atoms with E-state index in [0.717, 1.165) is 30.2 Å². The summed E-state index contributed by atoms with van der Waals surface area (Å²) in [6.07, 6.45) is 3.85. The van der Waals surface area contributed by atoms with Crippen molar-refractivity contribution in [3.63, 3.8) is 0 Å². The van der Waals surface area contributed by atoms with Crippen molar-refractivity contribution in [2.24, 2.45) is 0 Å². The second-order valence-corrected chi connectivity index (χ2v) is 6.84. The highest BCUT2D eigenvalue weighted by atomic mass is 35.5. The molecule has 0 unspecified atom stereocenters. The van der Waals surface area contributed by atoms with Crippen LogP contribution in [0.4, 0.5) is 16.2 Å². The van der Waals surface area contributed by atoms with Gasteiger partial charge in [-0.05, 0) is 25.0 Å². The Morgan fingerprint density at radius 2 is 2.00 bits per heavy atom. The number of benzene rings is 1. The number of nitro groups is 1. The van der Waals surface area contributed by atoms with Crippen LogP contribution in [-0.2, 0) is 9.59 Å². The lowest BCUT2D eigenvalue weighted by Crippen LogP contribution is -2.48. The van der Waals surface area contributed by atoms with E-state index in [2.05, 4.69) is 10.6 Å². The molecular formula is C16H17ClN4O5. The molecule has 3 rings (SSSR count). The van der Waals surface area contributed by atoms with E-state index in [0.29, 0.717) is 12.8 Å². The molecule has 1 aromatic rings. The maximum absolute atomic E-state index is 12.6. The summed E-state index contributed by atoms with van der Waals surface area (Å²) < 4.78 is 0. The molecule has 0 aromatic heterocycles. The third kappa shape index (κ3) is 3.34. The van der Waals surface area contributed by atoms with E-state index in [1.165, 1.54) is 12.1 Å². The molecule has 2 N–H and O–H groups in total. The lowest BCUT2D eigenvalue weighted by molar-refractivity contribution is -0.384. The zero-order chi connectivity index (χ0) is 18.9. The van der Waals surface area contributed by atoms with Gasteiger partial charge in [0.25, 0.3) is 11.6 Å². The summed E-state index contributed by atoms with van der Waals surface area (Å²) >= 11 is 5.73. The summed E-state index contributed by atoms with van der Waals surface area (Å²) in [6, 6.07) is 3.23. The molecule has 2 aliphatic rings. The van der Waals surface area contributed by atoms with Crippen molar-refractivity contribution in [3.05, 3.63) is 33.3 Å².